The van der Waals surface area contributed by atoms with Crippen LogP contribution in [-0.2, 0) is 26.0 Å². The lowest BCUT2D eigenvalue weighted by Gasteiger charge is -2.34. The lowest BCUT2D eigenvalue weighted by molar-refractivity contribution is -0.125. The predicted octanol–water partition coefficient (Wildman–Crippen LogP) is 3.74. The summed E-state index contributed by atoms with van der Waals surface area (Å²) >= 11 is 0. The lowest BCUT2D eigenvalue weighted by atomic mass is 9.89. The van der Waals surface area contributed by atoms with Crippen molar-refractivity contribution in [2.24, 2.45) is 4.99 Å². The Morgan fingerprint density at radius 3 is 2.15 bits per heavy atom. The first-order valence-corrected chi connectivity index (χ1v) is 16.3. The molecule has 0 unspecified atom stereocenters. The van der Waals surface area contributed by atoms with E-state index in [1.54, 1.807) is 12.1 Å². The largest absolute Gasteiger partial charge is 0.329 e. The Hall–Kier alpha value is -2.79. The second-order valence-electron chi connectivity index (χ2n) is 11.3. The minimum absolute atomic E-state index is 0.0263. The number of hydrogen-bond donors (Lipinski definition) is 2. The van der Waals surface area contributed by atoms with Gasteiger partial charge in [0.1, 0.15) is 11.4 Å². The van der Waals surface area contributed by atoms with Crippen LogP contribution in [0.15, 0.2) is 17.1 Å². The van der Waals surface area contributed by atoms with Gasteiger partial charge in [0.25, 0.3) is 11.8 Å². The van der Waals surface area contributed by atoms with Crippen molar-refractivity contribution in [3.8, 4) is 0 Å². The topological polar surface area (TPSA) is 128 Å². The Kier molecular flexibility index (Phi) is 9.66. The zero-order chi connectivity index (χ0) is 28.9. The van der Waals surface area contributed by atoms with Crippen LogP contribution in [0.4, 0.5) is 10.5 Å². The highest BCUT2D eigenvalue weighted by Crippen LogP contribution is 2.32. The Morgan fingerprint density at radius 2 is 1.55 bits per heavy atom. The van der Waals surface area contributed by atoms with Gasteiger partial charge in [0.05, 0.1) is 18.0 Å². The molecule has 1 spiro atoms. The van der Waals surface area contributed by atoms with Crippen molar-refractivity contribution < 1.29 is 22.8 Å². The molecule has 4 amide bonds. The maximum Gasteiger partial charge on any atom is 0.329 e. The maximum absolute atomic E-state index is 13.2. The fraction of sp³-hybridized carbons (Fsp3) is 0.655. The summed E-state index contributed by atoms with van der Waals surface area (Å²) < 4.78 is 28.0. The Balaban J connectivity index is 1.30. The van der Waals surface area contributed by atoms with Gasteiger partial charge in [-0.05, 0) is 68.4 Å². The van der Waals surface area contributed by atoms with Crippen LogP contribution in [0, 0.1) is 13.8 Å². The van der Waals surface area contributed by atoms with Gasteiger partial charge in [0.2, 0.25) is 10.0 Å². The highest BCUT2D eigenvalue weighted by atomic mass is 32.2. The first-order valence-electron chi connectivity index (χ1n) is 14.7. The SMILES string of the molecule is CCCCCCCCCC1=NC2(CCN(S(=O)(=O)CCc3c(C)cc(N4C(=O)CNC4=O)cc3C)CC2)C(=O)N1. The van der Waals surface area contributed by atoms with E-state index >= 15 is 0 Å². The lowest BCUT2D eigenvalue weighted by Crippen LogP contribution is -2.50. The number of aliphatic imine (C=N–C) groups is 1. The van der Waals surface area contributed by atoms with Gasteiger partial charge in [-0.2, -0.15) is 0 Å². The minimum atomic E-state index is -3.54. The van der Waals surface area contributed by atoms with E-state index in [4.69, 9.17) is 4.99 Å². The predicted molar refractivity (Wildman–Crippen MR) is 156 cm³/mol. The zero-order valence-electron chi connectivity index (χ0n) is 24.1. The third-order valence-electron chi connectivity index (χ3n) is 8.38. The number of sulfonamides is 1. The van der Waals surface area contributed by atoms with Crippen molar-refractivity contribution in [1.29, 1.82) is 0 Å². The van der Waals surface area contributed by atoms with Crippen molar-refractivity contribution >= 4 is 39.4 Å². The first kappa shape index (κ1) is 30.2. The van der Waals surface area contributed by atoms with Crippen molar-refractivity contribution in [2.75, 3.05) is 30.3 Å². The number of carbonyl (C=O) groups excluding carboxylic acids is 3. The third-order valence-corrected chi connectivity index (χ3v) is 10.3. The summed E-state index contributed by atoms with van der Waals surface area (Å²) in [7, 11) is -3.54. The summed E-state index contributed by atoms with van der Waals surface area (Å²) in [6.07, 6.45) is 10.3. The van der Waals surface area contributed by atoms with E-state index in [0.29, 0.717) is 24.9 Å². The summed E-state index contributed by atoms with van der Waals surface area (Å²) in [5.41, 5.74) is 2.21. The number of imide groups is 1. The molecule has 3 aliphatic heterocycles. The first-order chi connectivity index (χ1) is 19.1. The fourth-order valence-corrected chi connectivity index (χ4v) is 7.42. The second kappa shape index (κ2) is 12.8. The molecule has 0 aromatic heterocycles. The molecule has 2 saturated heterocycles. The van der Waals surface area contributed by atoms with Gasteiger partial charge in [-0.15, -0.1) is 0 Å². The quantitative estimate of drug-likeness (QED) is 0.275. The van der Waals surface area contributed by atoms with E-state index in [0.717, 1.165) is 46.7 Å². The molecule has 1 aromatic carbocycles. The number of urea groups is 1. The number of anilines is 1. The Labute approximate surface area is 238 Å². The van der Waals surface area contributed by atoms with E-state index in [1.807, 2.05) is 13.8 Å². The number of nitrogens with zero attached hydrogens (tertiary/aromatic N) is 3. The number of nitrogens with one attached hydrogen (secondary N) is 2. The van der Waals surface area contributed by atoms with Crippen molar-refractivity contribution in [2.45, 2.75) is 96.9 Å². The molecule has 0 saturated carbocycles. The maximum atomic E-state index is 13.2. The number of amidine groups is 1. The molecule has 2 fully saturated rings. The second-order valence-corrected chi connectivity index (χ2v) is 13.4. The molecule has 0 bridgehead atoms. The molecule has 1 aromatic rings. The standard InChI is InChI=1S/C29H43N5O5S/c1-4-5-6-7-8-9-10-11-25-31-27(36)29(32-25)13-15-33(16-14-29)40(38,39)17-12-24-21(2)18-23(19-22(24)3)34-26(35)20-30-28(34)37/h18-19H,4-17,20H2,1-3H3,(H,30,37)(H,31,32,36). The number of rotatable bonds is 13. The van der Waals surface area contributed by atoms with E-state index in [1.165, 1.54) is 36.4 Å². The summed E-state index contributed by atoms with van der Waals surface area (Å²) in [5.74, 6) is 0.284. The number of benzene rings is 1. The monoisotopic (exact) mass is 573 g/mol. The number of hydrogen-bond acceptors (Lipinski definition) is 6. The summed E-state index contributed by atoms with van der Waals surface area (Å²) in [6, 6.07) is 3.05. The van der Waals surface area contributed by atoms with Crippen LogP contribution < -0.4 is 15.5 Å². The molecule has 0 aliphatic carbocycles. The summed E-state index contributed by atoms with van der Waals surface area (Å²) in [4.78, 5) is 42.8. The average molecular weight is 574 g/mol. The molecule has 4 rings (SSSR count). The minimum Gasteiger partial charge on any atom is -0.328 e. The summed E-state index contributed by atoms with van der Waals surface area (Å²) in [5, 5.41) is 5.48. The van der Waals surface area contributed by atoms with Crippen LogP contribution in [0.2, 0.25) is 0 Å². The Bertz CT molecular complexity index is 1230. The molecule has 11 heteroatoms. The van der Waals surface area contributed by atoms with E-state index in [2.05, 4.69) is 17.6 Å². The third kappa shape index (κ3) is 6.74. The van der Waals surface area contributed by atoms with Gasteiger partial charge in [-0.1, -0.05) is 45.4 Å². The summed E-state index contributed by atoms with van der Waals surface area (Å²) in [6.45, 7) is 6.45. The number of piperidine rings is 1. The molecule has 40 heavy (non-hydrogen) atoms. The van der Waals surface area contributed by atoms with Crippen LogP contribution in [0.5, 0.6) is 0 Å². The van der Waals surface area contributed by atoms with E-state index in [-0.39, 0.29) is 37.2 Å². The van der Waals surface area contributed by atoms with E-state index in [9.17, 15) is 22.8 Å². The number of unbranched alkanes of at least 4 members (excludes halogenated alkanes) is 6. The van der Waals surface area contributed by atoms with Gasteiger partial charge in [-0.25, -0.2) is 22.4 Å². The molecule has 220 valence electrons. The molecule has 10 nitrogen and oxygen atoms in total. The van der Waals surface area contributed by atoms with Gasteiger partial charge in [0, 0.05) is 19.5 Å². The van der Waals surface area contributed by atoms with Crippen LogP contribution in [0.25, 0.3) is 0 Å². The number of aryl methyl sites for hydroxylation is 2. The van der Waals surface area contributed by atoms with Crippen LogP contribution in [-0.4, -0.2) is 67.3 Å². The molecule has 0 radical (unpaired) electrons. The van der Waals surface area contributed by atoms with Crippen molar-refractivity contribution in [1.82, 2.24) is 14.9 Å². The Morgan fingerprint density at radius 1 is 0.925 bits per heavy atom. The molecule has 2 N–H and O–H groups in total. The average Bonchev–Trinajstić information content (AvgIpc) is 3.40. The van der Waals surface area contributed by atoms with Gasteiger partial charge < -0.3 is 10.6 Å². The molecular weight excluding hydrogens is 530 g/mol. The molecule has 3 heterocycles. The van der Waals surface area contributed by atoms with Crippen LogP contribution in [0.3, 0.4) is 0 Å². The van der Waals surface area contributed by atoms with Crippen LogP contribution in [0.1, 0.15) is 87.8 Å². The van der Waals surface area contributed by atoms with Gasteiger partial charge >= 0.3 is 6.03 Å². The molecule has 0 atom stereocenters. The van der Waals surface area contributed by atoms with Gasteiger partial charge in [0.15, 0.2) is 0 Å². The fourth-order valence-electron chi connectivity index (χ4n) is 5.96. The molecule has 3 aliphatic rings. The number of amides is 4. The van der Waals surface area contributed by atoms with E-state index < -0.39 is 21.6 Å². The highest BCUT2D eigenvalue weighted by molar-refractivity contribution is 7.89. The zero-order valence-corrected chi connectivity index (χ0v) is 24.9. The smallest absolute Gasteiger partial charge is 0.328 e. The van der Waals surface area contributed by atoms with Crippen molar-refractivity contribution in [3.63, 3.8) is 0 Å². The molecular formula is C29H43N5O5S. The van der Waals surface area contributed by atoms with Crippen molar-refractivity contribution in [3.05, 3.63) is 28.8 Å². The highest BCUT2D eigenvalue weighted by Gasteiger charge is 2.47. The number of carbonyl (C=O) groups is 3. The normalized spacial score (nSPS) is 19.3. The van der Waals surface area contributed by atoms with Crippen LogP contribution >= 0.6 is 0 Å². The van der Waals surface area contributed by atoms with Gasteiger partial charge in [-0.3, -0.25) is 14.6 Å².